The fraction of sp³-hybridized carbons (Fsp3) is 0.409. The second-order valence-electron chi connectivity index (χ2n) is 7.69. The van der Waals surface area contributed by atoms with Crippen LogP contribution < -0.4 is 5.32 Å². The minimum absolute atomic E-state index is 0.0759. The molecule has 0 saturated carbocycles. The zero-order valence-electron chi connectivity index (χ0n) is 16.6. The van der Waals surface area contributed by atoms with Gasteiger partial charge in [-0.1, -0.05) is 37.6 Å². The van der Waals surface area contributed by atoms with E-state index in [9.17, 15) is 18.3 Å². The fourth-order valence-corrected chi connectivity index (χ4v) is 5.90. The first-order chi connectivity index (χ1) is 13.8. The monoisotopic (exact) mass is 435 g/mol. The lowest BCUT2D eigenvalue weighted by Crippen LogP contribution is -2.27. The van der Waals surface area contributed by atoms with E-state index in [2.05, 4.69) is 5.32 Å². The van der Waals surface area contributed by atoms with Gasteiger partial charge >= 0.3 is 0 Å². The number of fused-ring (bicyclic) bond motifs is 1. The lowest BCUT2D eigenvalue weighted by atomic mass is 9.83. The van der Waals surface area contributed by atoms with Gasteiger partial charge in [-0.3, -0.25) is 4.79 Å². The molecule has 3 atom stereocenters. The first kappa shape index (κ1) is 21.8. The van der Waals surface area contributed by atoms with Crippen molar-refractivity contribution in [3.63, 3.8) is 0 Å². The maximum Gasteiger partial charge on any atom is 0.227 e. The summed E-state index contributed by atoms with van der Waals surface area (Å²) in [5.41, 5.74) is 2.15. The predicted molar refractivity (Wildman–Crippen MR) is 115 cm³/mol. The third-order valence-corrected chi connectivity index (χ3v) is 7.98. The maximum absolute atomic E-state index is 13.4. The molecular weight excluding hydrogens is 410 g/mol. The van der Waals surface area contributed by atoms with Crippen LogP contribution in [0.25, 0.3) is 0 Å². The third kappa shape index (κ3) is 4.65. The average molecular weight is 436 g/mol. The Morgan fingerprint density at radius 1 is 1.28 bits per heavy atom. The van der Waals surface area contributed by atoms with E-state index in [0.717, 1.165) is 12.0 Å². The van der Waals surface area contributed by atoms with Gasteiger partial charge in [0, 0.05) is 23.2 Å². The zero-order valence-corrected chi connectivity index (χ0v) is 18.1. The molecule has 5 nitrogen and oxygen atoms in total. The molecule has 0 bridgehead atoms. The minimum atomic E-state index is -3.72. The van der Waals surface area contributed by atoms with Crippen molar-refractivity contribution in [2.45, 2.75) is 43.3 Å². The van der Waals surface area contributed by atoms with E-state index >= 15 is 0 Å². The number of hydrogen-bond acceptors (Lipinski definition) is 4. The molecule has 156 valence electrons. The molecule has 2 N–H and O–H groups in total. The third-order valence-electron chi connectivity index (χ3n) is 5.63. The van der Waals surface area contributed by atoms with Crippen molar-refractivity contribution in [2.24, 2.45) is 11.8 Å². The summed E-state index contributed by atoms with van der Waals surface area (Å²) in [5.74, 6) is -0.358. The van der Waals surface area contributed by atoms with Crippen LogP contribution in [-0.2, 0) is 21.1 Å². The highest BCUT2D eigenvalue weighted by atomic mass is 35.5. The van der Waals surface area contributed by atoms with Crippen molar-refractivity contribution in [3.05, 3.63) is 58.6 Å². The van der Waals surface area contributed by atoms with Crippen molar-refractivity contribution in [3.8, 4) is 0 Å². The highest BCUT2D eigenvalue weighted by molar-refractivity contribution is 7.91. The molecule has 1 unspecified atom stereocenters. The summed E-state index contributed by atoms with van der Waals surface area (Å²) in [6, 6.07) is 11.6. The maximum atomic E-state index is 13.4. The Hall–Kier alpha value is -1.89. The van der Waals surface area contributed by atoms with Crippen LogP contribution in [0.3, 0.4) is 0 Å². The Bertz CT molecular complexity index is 1010. The van der Waals surface area contributed by atoms with E-state index in [4.69, 9.17) is 11.6 Å². The van der Waals surface area contributed by atoms with Crippen molar-refractivity contribution in [1.82, 2.24) is 0 Å². The number of sulfone groups is 1. The number of hydrogen-bond donors (Lipinski definition) is 2. The van der Waals surface area contributed by atoms with Crippen LogP contribution in [0.15, 0.2) is 47.4 Å². The second-order valence-corrected chi connectivity index (χ2v) is 10.3. The molecular formula is C22H26ClNO4S. The number of benzene rings is 2. The standard InChI is InChI=1S/C22H26ClNO4S/c1-3-14(2)22(26)24-18-8-7-16-9-15(13-25)10-21(20(16)12-18)29(27,28)19-6-4-5-17(23)11-19/h4-8,11-12,14-15,21,25H,3,9-10,13H2,1-2H3,(H,24,26)/t14-,15+,21?/m0/s1. The minimum Gasteiger partial charge on any atom is -0.396 e. The van der Waals surface area contributed by atoms with Crippen molar-refractivity contribution < 1.29 is 18.3 Å². The average Bonchev–Trinajstić information content (AvgIpc) is 2.72. The van der Waals surface area contributed by atoms with Gasteiger partial charge in [0.15, 0.2) is 9.84 Å². The summed E-state index contributed by atoms with van der Waals surface area (Å²) >= 11 is 6.02. The van der Waals surface area contributed by atoms with E-state index < -0.39 is 15.1 Å². The molecule has 0 spiro atoms. The van der Waals surface area contributed by atoms with E-state index in [1.165, 1.54) is 12.1 Å². The van der Waals surface area contributed by atoms with Gasteiger partial charge in [0.1, 0.15) is 0 Å². The van der Waals surface area contributed by atoms with Gasteiger partial charge in [0.05, 0.1) is 10.1 Å². The molecule has 2 aromatic carbocycles. The van der Waals surface area contributed by atoms with Crippen LogP contribution in [0.2, 0.25) is 5.02 Å². The number of rotatable bonds is 6. The van der Waals surface area contributed by atoms with Crippen LogP contribution in [0.1, 0.15) is 43.1 Å². The number of nitrogens with one attached hydrogen (secondary N) is 1. The molecule has 2 aromatic rings. The van der Waals surface area contributed by atoms with Crippen LogP contribution in [0.5, 0.6) is 0 Å². The summed E-state index contributed by atoms with van der Waals surface area (Å²) < 4.78 is 26.8. The summed E-state index contributed by atoms with van der Waals surface area (Å²) in [5, 5.41) is 12.1. The molecule has 1 amide bonds. The number of aliphatic hydroxyl groups is 1. The normalized spacial score (nSPS) is 20.0. The number of halogens is 1. The van der Waals surface area contributed by atoms with Crippen LogP contribution in [-0.4, -0.2) is 26.0 Å². The summed E-state index contributed by atoms with van der Waals surface area (Å²) in [6.45, 7) is 3.72. The molecule has 1 aliphatic carbocycles. The topological polar surface area (TPSA) is 83.5 Å². The molecule has 3 rings (SSSR count). The summed E-state index contributed by atoms with van der Waals surface area (Å²) in [7, 11) is -3.72. The lowest BCUT2D eigenvalue weighted by molar-refractivity contribution is -0.119. The molecule has 1 aliphatic rings. The molecule has 0 fully saturated rings. The number of carbonyl (C=O) groups is 1. The second kappa shape index (κ2) is 8.86. The molecule has 0 aromatic heterocycles. The Kier molecular flexibility index (Phi) is 6.66. The van der Waals surface area contributed by atoms with Gasteiger partial charge < -0.3 is 10.4 Å². The molecule has 0 radical (unpaired) electrons. The first-order valence-electron chi connectivity index (χ1n) is 9.80. The predicted octanol–water partition coefficient (Wildman–Crippen LogP) is 4.39. The van der Waals surface area contributed by atoms with Crippen molar-refractivity contribution in [2.75, 3.05) is 11.9 Å². The smallest absolute Gasteiger partial charge is 0.227 e. The molecule has 29 heavy (non-hydrogen) atoms. The number of anilines is 1. The van der Waals surface area contributed by atoms with E-state index in [1.54, 1.807) is 24.3 Å². The fourth-order valence-electron chi connectivity index (χ4n) is 3.67. The van der Waals surface area contributed by atoms with Crippen LogP contribution in [0.4, 0.5) is 5.69 Å². The zero-order chi connectivity index (χ0) is 21.2. The Labute approximate surface area is 177 Å². The van der Waals surface area contributed by atoms with Gasteiger partial charge in [-0.15, -0.1) is 0 Å². The molecule has 0 heterocycles. The molecule has 7 heteroatoms. The van der Waals surface area contributed by atoms with E-state index in [-0.39, 0.29) is 29.2 Å². The molecule has 0 aliphatic heterocycles. The first-order valence-corrected chi connectivity index (χ1v) is 11.7. The van der Waals surface area contributed by atoms with E-state index in [1.807, 2.05) is 19.9 Å². The van der Waals surface area contributed by atoms with Crippen molar-refractivity contribution in [1.29, 1.82) is 0 Å². The van der Waals surface area contributed by atoms with Crippen LogP contribution in [0, 0.1) is 11.8 Å². The number of amides is 1. The quantitative estimate of drug-likeness (QED) is 0.704. The Morgan fingerprint density at radius 3 is 2.69 bits per heavy atom. The highest BCUT2D eigenvalue weighted by Crippen LogP contribution is 2.42. The highest BCUT2D eigenvalue weighted by Gasteiger charge is 2.37. The lowest BCUT2D eigenvalue weighted by Gasteiger charge is -2.31. The van der Waals surface area contributed by atoms with Gasteiger partial charge in [-0.2, -0.15) is 0 Å². The summed E-state index contributed by atoms with van der Waals surface area (Å²) in [4.78, 5) is 12.4. The van der Waals surface area contributed by atoms with Gasteiger partial charge in [0.2, 0.25) is 5.91 Å². The van der Waals surface area contributed by atoms with Gasteiger partial charge in [0.25, 0.3) is 0 Å². The number of aliphatic hydroxyl groups excluding tert-OH is 1. The van der Waals surface area contributed by atoms with Gasteiger partial charge in [-0.05, 0) is 66.6 Å². The molecule has 0 saturated heterocycles. The summed E-state index contributed by atoms with van der Waals surface area (Å²) in [6.07, 6.45) is 1.65. The SMILES string of the molecule is CC[C@H](C)C(=O)Nc1ccc2c(c1)C(S(=O)(=O)c1cccc(Cl)c1)C[C@H](CO)C2. The Balaban J connectivity index is 2.03. The number of carbonyl (C=O) groups excluding carboxylic acids is 1. The van der Waals surface area contributed by atoms with Crippen LogP contribution >= 0.6 is 11.6 Å². The largest absolute Gasteiger partial charge is 0.396 e. The van der Waals surface area contributed by atoms with E-state index in [0.29, 0.717) is 29.1 Å². The van der Waals surface area contributed by atoms with Crippen molar-refractivity contribution >= 4 is 33.0 Å². The van der Waals surface area contributed by atoms with Gasteiger partial charge in [-0.25, -0.2) is 8.42 Å². The Morgan fingerprint density at radius 2 is 2.03 bits per heavy atom.